The summed E-state index contributed by atoms with van der Waals surface area (Å²) in [5.41, 5.74) is -0.231. The molecule has 7 nitrogen and oxygen atoms in total. The zero-order valence-corrected chi connectivity index (χ0v) is 18.0. The fraction of sp³-hybridized carbons (Fsp3) is 0.333. The summed E-state index contributed by atoms with van der Waals surface area (Å²) in [6.45, 7) is -1.76. The maximum absolute atomic E-state index is 14.5. The Bertz CT molecular complexity index is 1160. The Hall–Kier alpha value is -3.01. The van der Waals surface area contributed by atoms with E-state index in [1.54, 1.807) is 0 Å². The molecule has 1 fully saturated rings. The molecule has 0 atom stereocenters. The van der Waals surface area contributed by atoms with Gasteiger partial charge in [0.15, 0.2) is 0 Å². The van der Waals surface area contributed by atoms with Gasteiger partial charge in [0, 0.05) is 19.6 Å². The Morgan fingerprint density at radius 1 is 1.12 bits per heavy atom. The van der Waals surface area contributed by atoms with E-state index in [0.717, 1.165) is 22.5 Å². The molecule has 1 amide bonds. The van der Waals surface area contributed by atoms with Crippen LogP contribution in [0.15, 0.2) is 47.4 Å². The van der Waals surface area contributed by atoms with E-state index in [-0.39, 0.29) is 37.4 Å². The molecule has 176 valence electrons. The molecular formula is C21H19F4N3O4S. The molecule has 1 heterocycles. The van der Waals surface area contributed by atoms with E-state index >= 15 is 0 Å². The van der Waals surface area contributed by atoms with Gasteiger partial charge in [-0.25, -0.2) is 12.8 Å². The van der Waals surface area contributed by atoms with Crippen molar-refractivity contribution in [3.05, 3.63) is 65.0 Å². The van der Waals surface area contributed by atoms with Crippen LogP contribution in [0.3, 0.4) is 0 Å². The number of halogens is 4. The van der Waals surface area contributed by atoms with Gasteiger partial charge < -0.3 is 9.64 Å². The Labute approximate surface area is 187 Å². The third-order valence-corrected chi connectivity index (χ3v) is 6.78. The Balaban J connectivity index is 1.94. The molecule has 0 bridgehead atoms. The van der Waals surface area contributed by atoms with Crippen LogP contribution in [0.1, 0.15) is 21.5 Å². The van der Waals surface area contributed by atoms with Crippen LogP contribution in [0.4, 0.5) is 17.6 Å². The van der Waals surface area contributed by atoms with Gasteiger partial charge in [-0.3, -0.25) is 4.79 Å². The number of morpholine rings is 1. The van der Waals surface area contributed by atoms with Gasteiger partial charge in [0.25, 0.3) is 5.91 Å². The van der Waals surface area contributed by atoms with E-state index in [1.807, 2.05) is 6.07 Å². The molecular weight excluding hydrogens is 466 g/mol. The number of carbonyl (C=O) groups is 1. The Kier molecular flexibility index (Phi) is 7.36. The van der Waals surface area contributed by atoms with Crippen molar-refractivity contribution in [2.75, 3.05) is 32.8 Å². The zero-order valence-electron chi connectivity index (χ0n) is 17.2. The highest BCUT2D eigenvalue weighted by molar-refractivity contribution is 7.89. The first-order valence-electron chi connectivity index (χ1n) is 9.74. The van der Waals surface area contributed by atoms with Crippen molar-refractivity contribution in [2.24, 2.45) is 0 Å². The predicted molar refractivity (Wildman–Crippen MR) is 108 cm³/mol. The number of ether oxygens (including phenoxy) is 1. The average molecular weight is 485 g/mol. The molecule has 0 radical (unpaired) electrons. The monoisotopic (exact) mass is 485 g/mol. The molecule has 12 heteroatoms. The normalized spacial score (nSPS) is 15.1. The lowest BCUT2D eigenvalue weighted by Gasteiger charge is -2.27. The lowest BCUT2D eigenvalue weighted by Crippen LogP contribution is -2.41. The highest BCUT2D eigenvalue weighted by Crippen LogP contribution is 2.24. The average Bonchev–Trinajstić information content (AvgIpc) is 2.78. The van der Waals surface area contributed by atoms with Crippen molar-refractivity contribution in [1.82, 2.24) is 9.21 Å². The van der Waals surface area contributed by atoms with Crippen LogP contribution in [-0.4, -0.2) is 62.6 Å². The molecule has 1 saturated heterocycles. The zero-order chi connectivity index (χ0) is 24.2. The Morgan fingerprint density at radius 2 is 1.76 bits per heavy atom. The van der Waals surface area contributed by atoms with Crippen molar-refractivity contribution >= 4 is 15.9 Å². The Morgan fingerprint density at radius 3 is 2.33 bits per heavy atom. The summed E-state index contributed by atoms with van der Waals surface area (Å²) >= 11 is 0. The minimum atomic E-state index is -4.78. The lowest BCUT2D eigenvalue weighted by molar-refractivity contribution is -0.141. The second-order valence-corrected chi connectivity index (χ2v) is 9.18. The molecule has 3 rings (SSSR count). The summed E-state index contributed by atoms with van der Waals surface area (Å²) in [7, 11) is -4.10. The lowest BCUT2D eigenvalue weighted by atomic mass is 10.1. The second-order valence-electron chi connectivity index (χ2n) is 7.24. The summed E-state index contributed by atoms with van der Waals surface area (Å²) in [6.07, 6.45) is -4.78. The number of alkyl halides is 3. The predicted octanol–water partition coefficient (Wildman–Crippen LogP) is 2.92. The van der Waals surface area contributed by atoms with Crippen LogP contribution in [0.5, 0.6) is 0 Å². The first-order chi connectivity index (χ1) is 15.5. The van der Waals surface area contributed by atoms with Crippen molar-refractivity contribution in [3.8, 4) is 6.07 Å². The molecule has 0 aliphatic carbocycles. The standard InChI is InChI=1S/C21H19F4N3O4S/c22-19-6-5-17(33(30,31)28-7-9-32-10-8-28)11-18(19)20(29)27(14-21(23,24)25)13-16-3-1-15(12-26)2-4-16/h1-6,11H,7-10,13-14H2. The van der Waals surface area contributed by atoms with Gasteiger partial charge in [-0.1, -0.05) is 12.1 Å². The summed E-state index contributed by atoms with van der Waals surface area (Å²) in [4.78, 5) is 12.9. The number of benzene rings is 2. The molecule has 0 unspecified atom stereocenters. The summed E-state index contributed by atoms with van der Waals surface area (Å²) in [6, 6.07) is 9.85. The highest BCUT2D eigenvalue weighted by Gasteiger charge is 2.35. The first-order valence-corrected chi connectivity index (χ1v) is 11.2. The molecule has 1 aliphatic rings. The number of sulfonamides is 1. The third kappa shape index (κ3) is 6.07. The minimum absolute atomic E-state index is 0.0574. The summed E-state index contributed by atoms with van der Waals surface area (Å²) < 4.78 is 85.9. The van der Waals surface area contributed by atoms with Crippen LogP contribution in [0, 0.1) is 17.1 Å². The van der Waals surface area contributed by atoms with Gasteiger partial charge in [-0.15, -0.1) is 0 Å². The topological polar surface area (TPSA) is 90.7 Å². The highest BCUT2D eigenvalue weighted by atomic mass is 32.2. The first kappa shape index (κ1) is 24.6. The molecule has 2 aromatic carbocycles. The molecule has 0 aromatic heterocycles. The van der Waals surface area contributed by atoms with Gasteiger partial charge in [-0.05, 0) is 35.9 Å². The molecule has 33 heavy (non-hydrogen) atoms. The van der Waals surface area contributed by atoms with Gasteiger partial charge in [-0.2, -0.15) is 22.7 Å². The van der Waals surface area contributed by atoms with Crippen molar-refractivity contribution in [1.29, 1.82) is 5.26 Å². The van der Waals surface area contributed by atoms with Gasteiger partial charge >= 0.3 is 6.18 Å². The number of carbonyl (C=O) groups excluding carboxylic acids is 1. The van der Waals surface area contributed by atoms with E-state index in [0.29, 0.717) is 4.90 Å². The number of hydrogen-bond donors (Lipinski definition) is 0. The third-order valence-electron chi connectivity index (χ3n) is 4.89. The molecule has 0 spiro atoms. The maximum atomic E-state index is 14.5. The van der Waals surface area contributed by atoms with Crippen LogP contribution in [0.25, 0.3) is 0 Å². The molecule has 0 saturated carbocycles. The fourth-order valence-electron chi connectivity index (χ4n) is 3.26. The summed E-state index contributed by atoms with van der Waals surface area (Å²) in [5, 5.41) is 8.85. The smallest absolute Gasteiger partial charge is 0.379 e. The minimum Gasteiger partial charge on any atom is -0.379 e. The van der Waals surface area contributed by atoms with E-state index in [9.17, 15) is 30.8 Å². The van der Waals surface area contributed by atoms with Crippen molar-refractivity contribution < 1.29 is 35.5 Å². The number of nitriles is 1. The van der Waals surface area contributed by atoms with Crippen LogP contribution in [-0.2, 0) is 21.3 Å². The fourth-order valence-corrected chi connectivity index (χ4v) is 4.69. The van der Waals surface area contributed by atoms with Crippen LogP contribution < -0.4 is 0 Å². The van der Waals surface area contributed by atoms with Crippen LogP contribution in [0.2, 0.25) is 0 Å². The quantitative estimate of drug-likeness (QED) is 0.587. The van der Waals surface area contributed by atoms with E-state index in [2.05, 4.69) is 0 Å². The van der Waals surface area contributed by atoms with E-state index in [1.165, 1.54) is 24.3 Å². The maximum Gasteiger partial charge on any atom is 0.406 e. The van der Waals surface area contributed by atoms with Gasteiger partial charge in [0.1, 0.15) is 12.4 Å². The second kappa shape index (κ2) is 9.86. The van der Waals surface area contributed by atoms with Crippen LogP contribution >= 0.6 is 0 Å². The SMILES string of the molecule is N#Cc1ccc(CN(CC(F)(F)F)C(=O)c2cc(S(=O)(=O)N3CCOCC3)ccc2F)cc1. The van der Waals surface area contributed by atoms with Gasteiger partial charge in [0.2, 0.25) is 10.0 Å². The largest absolute Gasteiger partial charge is 0.406 e. The number of nitrogens with zero attached hydrogens (tertiary/aromatic N) is 3. The van der Waals surface area contributed by atoms with E-state index in [4.69, 9.17) is 10.00 Å². The number of rotatable bonds is 6. The number of amides is 1. The van der Waals surface area contributed by atoms with Crippen molar-refractivity contribution in [2.45, 2.75) is 17.6 Å². The van der Waals surface area contributed by atoms with Gasteiger partial charge in [0.05, 0.1) is 35.3 Å². The van der Waals surface area contributed by atoms with Crippen molar-refractivity contribution in [3.63, 3.8) is 0 Å². The summed E-state index contributed by atoms with van der Waals surface area (Å²) in [5.74, 6) is -2.46. The molecule has 0 N–H and O–H groups in total. The van der Waals surface area contributed by atoms with E-state index < -0.39 is 51.5 Å². The molecule has 2 aromatic rings. The molecule has 1 aliphatic heterocycles. The number of hydrogen-bond acceptors (Lipinski definition) is 5.